The number of benzene rings is 1. The monoisotopic (exact) mass is 507 g/mol. The molecule has 2 N–H and O–H groups in total. The molecule has 0 spiro atoms. The number of aromatic nitrogens is 2. The maximum absolute atomic E-state index is 13.6. The molecular weight excluding hydrogens is 478 g/mol. The molecule has 3 aromatic rings. The first-order valence-electron chi connectivity index (χ1n) is 12.1. The van der Waals surface area contributed by atoms with Gasteiger partial charge in [-0.15, -0.1) is 11.3 Å². The molecule has 0 radical (unpaired) electrons. The van der Waals surface area contributed by atoms with Gasteiger partial charge in [0.25, 0.3) is 11.8 Å². The van der Waals surface area contributed by atoms with Crippen molar-refractivity contribution in [3.63, 3.8) is 0 Å². The fourth-order valence-electron chi connectivity index (χ4n) is 5.10. The number of nitrogens with one attached hydrogen (secondary N) is 1. The van der Waals surface area contributed by atoms with Crippen molar-refractivity contribution in [1.82, 2.24) is 20.4 Å². The number of hydrogen-bond acceptors (Lipinski definition) is 8. The Morgan fingerprint density at radius 2 is 2.06 bits per heavy atom. The maximum atomic E-state index is 13.6. The van der Waals surface area contributed by atoms with Gasteiger partial charge in [0.2, 0.25) is 5.91 Å². The van der Waals surface area contributed by atoms with E-state index < -0.39 is 11.5 Å². The van der Waals surface area contributed by atoms with Crippen LogP contribution < -0.4 is 5.32 Å². The zero-order valence-electron chi connectivity index (χ0n) is 20.7. The summed E-state index contributed by atoms with van der Waals surface area (Å²) in [5.41, 5.74) is 3.66. The van der Waals surface area contributed by atoms with E-state index in [2.05, 4.69) is 20.4 Å². The molecule has 0 saturated carbocycles. The van der Waals surface area contributed by atoms with Crippen molar-refractivity contribution < 1.29 is 19.2 Å². The Labute approximate surface area is 213 Å². The number of amidine groups is 1. The summed E-state index contributed by atoms with van der Waals surface area (Å²) >= 11 is 1.59. The van der Waals surface area contributed by atoms with Gasteiger partial charge in [-0.25, -0.2) is 4.98 Å². The molecule has 36 heavy (non-hydrogen) atoms. The summed E-state index contributed by atoms with van der Waals surface area (Å²) in [6, 6.07) is 8.94. The van der Waals surface area contributed by atoms with Gasteiger partial charge in [-0.2, -0.15) is 4.99 Å². The number of aromatic hydroxyl groups is 1. The van der Waals surface area contributed by atoms with E-state index in [0.717, 1.165) is 28.1 Å². The molecule has 2 aliphatic rings. The van der Waals surface area contributed by atoms with Crippen molar-refractivity contribution in [2.45, 2.75) is 58.0 Å². The Balaban J connectivity index is 1.37. The standard InChI is InChI=1S/C26H29N5O4S/c1-14(2)21(19-12-20(32)30-35-19)24(33)31-11-5-6-18(31)23-28-25(34)26(4,29-23)17-9-7-16(8-10-17)22-15(3)27-13-36-22/h7-10,12-14,18,21H,5-6,11H2,1-4H3,(H,30,32)(H,28,29,34)/t18?,21?,26-/m0/s1. The molecule has 188 valence electrons. The fourth-order valence-corrected chi connectivity index (χ4v) is 5.91. The zero-order chi connectivity index (χ0) is 25.6. The van der Waals surface area contributed by atoms with E-state index >= 15 is 0 Å². The summed E-state index contributed by atoms with van der Waals surface area (Å²) < 4.78 is 5.23. The van der Waals surface area contributed by atoms with E-state index in [0.29, 0.717) is 24.6 Å². The number of carbonyl (C=O) groups excluding carboxylic acids is 2. The van der Waals surface area contributed by atoms with Crippen LogP contribution in [0.15, 0.2) is 45.4 Å². The van der Waals surface area contributed by atoms with Crippen LogP contribution in [0.2, 0.25) is 0 Å². The Morgan fingerprint density at radius 3 is 2.67 bits per heavy atom. The topological polar surface area (TPSA) is 121 Å². The molecule has 0 aliphatic carbocycles. The maximum Gasteiger partial charge on any atom is 0.277 e. The van der Waals surface area contributed by atoms with Gasteiger partial charge in [-0.05, 0) is 48.9 Å². The van der Waals surface area contributed by atoms with Gasteiger partial charge in [0.05, 0.1) is 22.1 Å². The van der Waals surface area contributed by atoms with E-state index in [9.17, 15) is 14.7 Å². The quantitative estimate of drug-likeness (QED) is 0.517. The van der Waals surface area contributed by atoms with Crippen LogP contribution in [0.25, 0.3) is 10.4 Å². The minimum absolute atomic E-state index is 0.0721. The van der Waals surface area contributed by atoms with E-state index in [1.165, 1.54) is 6.07 Å². The molecule has 10 heteroatoms. The smallest absolute Gasteiger partial charge is 0.277 e. The average Bonchev–Trinajstić information content (AvgIpc) is 3.63. The Kier molecular flexibility index (Phi) is 6.15. The molecule has 2 aromatic heterocycles. The van der Waals surface area contributed by atoms with Crippen molar-refractivity contribution in [1.29, 1.82) is 0 Å². The normalized spacial score (nSPS) is 22.7. The predicted molar refractivity (Wildman–Crippen MR) is 136 cm³/mol. The van der Waals surface area contributed by atoms with Crippen LogP contribution >= 0.6 is 11.3 Å². The summed E-state index contributed by atoms with van der Waals surface area (Å²) in [5, 5.41) is 16.5. The molecular formula is C26H29N5O4S. The number of amides is 2. The Hall–Kier alpha value is -3.53. The predicted octanol–water partition coefficient (Wildman–Crippen LogP) is 3.99. The Bertz CT molecular complexity index is 1330. The molecule has 1 fully saturated rings. The molecule has 9 nitrogen and oxygen atoms in total. The number of rotatable bonds is 6. The van der Waals surface area contributed by atoms with Crippen LogP contribution in [-0.2, 0) is 15.1 Å². The third kappa shape index (κ3) is 4.09. The number of nitrogens with zero attached hydrogens (tertiary/aromatic N) is 4. The lowest BCUT2D eigenvalue weighted by Crippen LogP contribution is -2.51. The van der Waals surface area contributed by atoms with E-state index in [-0.39, 0.29) is 29.7 Å². The molecule has 3 atom stereocenters. The van der Waals surface area contributed by atoms with Crippen LogP contribution in [0.3, 0.4) is 0 Å². The molecule has 2 aliphatic heterocycles. The second-order valence-electron chi connectivity index (χ2n) is 9.90. The highest BCUT2D eigenvalue weighted by atomic mass is 32.1. The van der Waals surface area contributed by atoms with Gasteiger partial charge in [0.15, 0.2) is 5.76 Å². The minimum atomic E-state index is -1.01. The van der Waals surface area contributed by atoms with E-state index in [4.69, 9.17) is 4.52 Å². The van der Waals surface area contributed by atoms with Gasteiger partial charge in [0, 0.05) is 12.6 Å². The van der Waals surface area contributed by atoms with Crippen molar-refractivity contribution in [3.8, 4) is 16.3 Å². The molecule has 2 unspecified atom stereocenters. The second-order valence-corrected chi connectivity index (χ2v) is 10.8. The van der Waals surface area contributed by atoms with Crippen LogP contribution in [0.1, 0.15) is 56.5 Å². The lowest BCUT2D eigenvalue weighted by atomic mass is 9.90. The summed E-state index contributed by atoms with van der Waals surface area (Å²) in [7, 11) is 0. The molecule has 1 aromatic carbocycles. The van der Waals surface area contributed by atoms with Gasteiger partial charge in [-0.1, -0.05) is 38.1 Å². The summed E-state index contributed by atoms with van der Waals surface area (Å²) in [6.45, 7) is 8.22. The number of hydrogen-bond donors (Lipinski definition) is 2. The van der Waals surface area contributed by atoms with Crippen LogP contribution in [-0.4, -0.2) is 50.4 Å². The number of thiazole rings is 1. The van der Waals surface area contributed by atoms with E-state index in [1.807, 2.05) is 57.5 Å². The fraction of sp³-hybridized carbons (Fsp3) is 0.423. The van der Waals surface area contributed by atoms with Crippen LogP contribution in [0.5, 0.6) is 5.88 Å². The highest BCUT2D eigenvalue weighted by Gasteiger charge is 2.46. The molecule has 4 heterocycles. The SMILES string of the molecule is Cc1ncsc1-c1ccc([C@]2(C)NC(C3CCCN3C(=O)C(c3cc(O)no3)C(C)C)=NC2=O)cc1. The third-order valence-electron chi connectivity index (χ3n) is 7.10. The van der Waals surface area contributed by atoms with Crippen LogP contribution in [0.4, 0.5) is 0 Å². The first-order chi connectivity index (χ1) is 17.2. The van der Waals surface area contributed by atoms with Crippen molar-refractivity contribution in [2.24, 2.45) is 10.9 Å². The number of aryl methyl sites for hydroxylation is 1. The largest absolute Gasteiger partial charge is 0.491 e. The number of carbonyl (C=O) groups is 2. The van der Waals surface area contributed by atoms with Crippen molar-refractivity contribution in [2.75, 3.05) is 6.54 Å². The number of likely N-dealkylation sites (tertiary alicyclic amines) is 1. The highest BCUT2D eigenvalue weighted by molar-refractivity contribution is 7.13. The first kappa shape index (κ1) is 24.2. The molecule has 2 amide bonds. The lowest BCUT2D eigenvalue weighted by Gasteiger charge is -2.31. The minimum Gasteiger partial charge on any atom is -0.491 e. The molecule has 5 rings (SSSR count). The van der Waals surface area contributed by atoms with Crippen LogP contribution in [0, 0.1) is 12.8 Å². The summed E-state index contributed by atoms with van der Waals surface area (Å²) in [6.07, 6.45) is 1.51. The second kappa shape index (κ2) is 9.16. The first-order valence-corrected chi connectivity index (χ1v) is 12.9. The number of aliphatic imine (C=N–C) groups is 1. The molecule has 1 saturated heterocycles. The lowest BCUT2D eigenvalue weighted by molar-refractivity contribution is -0.134. The zero-order valence-corrected chi connectivity index (χ0v) is 21.5. The third-order valence-corrected chi connectivity index (χ3v) is 8.08. The molecule has 0 bridgehead atoms. The van der Waals surface area contributed by atoms with E-state index in [1.54, 1.807) is 16.2 Å². The Morgan fingerprint density at radius 1 is 1.31 bits per heavy atom. The van der Waals surface area contributed by atoms with Gasteiger partial charge >= 0.3 is 0 Å². The highest BCUT2D eigenvalue weighted by Crippen LogP contribution is 2.35. The summed E-state index contributed by atoms with van der Waals surface area (Å²) in [5.74, 6) is -0.475. The van der Waals surface area contributed by atoms with Crippen molar-refractivity contribution in [3.05, 3.63) is 52.9 Å². The van der Waals surface area contributed by atoms with Crippen molar-refractivity contribution >= 4 is 29.0 Å². The average molecular weight is 508 g/mol. The van der Waals surface area contributed by atoms with Gasteiger partial charge in [-0.3, -0.25) is 9.59 Å². The van der Waals surface area contributed by atoms with Gasteiger partial charge < -0.3 is 19.8 Å². The summed E-state index contributed by atoms with van der Waals surface area (Å²) in [4.78, 5) is 38.4. The van der Waals surface area contributed by atoms with Gasteiger partial charge in [0.1, 0.15) is 17.3 Å².